The van der Waals surface area contributed by atoms with Crippen molar-refractivity contribution in [3.8, 4) is 17.1 Å². The Labute approximate surface area is 253 Å². The van der Waals surface area contributed by atoms with Crippen LogP contribution in [0.4, 0.5) is 18.9 Å². The highest BCUT2D eigenvalue weighted by atomic mass is 28.3. The molecule has 234 valence electrons. The second kappa shape index (κ2) is 14.0. The average Bonchev–Trinajstić information content (AvgIpc) is 3.40. The number of hydrogen-bond donors (Lipinski definition) is 0. The van der Waals surface area contributed by atoms with E-state index in [0.717, 1.165) is 49.4 Å². The van der Waals surface area contributed by atoms with Crippen LogP contribution in [0.15, 0.2) is 48.7 Å². The second-order valence-corrected chi connectivity index (χ2v) is 17.8. The zero-order valence-corrected chi connectivity index (χ0v) is 26.7. The van der Waals surface area contributed by atoms with Gasteiger partial charge in [-0.2, -0.15) is 13.2 Å². The summed E-state index contributed by atoms with van der Waals surface area (Å²) in [4.78, 5) is 18.4. The lowest BCUT2D eigenvalue weighted by Crippen LogP contribution is -2.35. The van der Waals surface area contributed by atoms with Crippen molar-refractivity contribution in [1.82, 2.24) is 9.55 Å². The number of carbonyl (C=O) groups excluding carboxylic acids is 1. The molecule has 1 aliphatic rings. The molecule has 43 heavy (non-hydrogen) atoms. The summed E-state index contributed by atoms with van der Waals surface area (Å²) in [7, 11) is -1.31. The van der Waals surface area contributed by atoms with E-state index in [4.69, 9.17) is 14.2 Å². The molecular weight excluding hydrogens is 575 g/mol. The molecule has 11 heteroatoms. The van der Waals surface area contributed by atoms with Crippen molar-refractivity contribution in [2.24, 2.45) is 5.92 Å². The molecule has 3 aromatic rings. The van der Waals surface area contributed by atoms with E-state index in [-0.39, 0.29) is 18.5 Å². The van der Waals surface area contributed by atoms with Crippen LogP contribution in [-0.2, 0) is 22.4 Å². The van der Waals surface area contributed by atoms with E-state index in [1.807, 2.05) is 37.3 Å². The number of nitrogens with zero attached hydrogens (tertiary/aromatic N) is 3. The first kappa shape index (κ1) is 32.6. The fraction of sp³-hybridized carbons (Fsp3) is 0.500. The van der Waals surface area contributed by atoms with E-state index in [2.05, 4.69) is 29.5 Å². The minimum Gasteiger partial charge on any atom is -0.493 e. The molecule has 2 aromatic carbocycles. The second-order valence-electron chi connectivity index (χ2n) is 12.2. The van der Waals surface area contributed by atoms with Crippen LogP contribution in [0.25, 0.3) is 11.4 Å². The van der Waals surface area contributed by atoms with Gasteiger partial charge >= 0.3 is 12.1 Å². The molecule has 1 aliphatic heterocycles. The number of carbonyl (C=O) groups is 1. The molecule has 0 aliphatic carbocycles. The van der Waals surface area contributed by atoms with Gasteiger partial charge in [0.25, 0.3) is 0 Å². The lowest BCUT2D eigenvalue weighted by Gasteiger charge is -2.33. The fourth-order valence-electron chi connectivity index (χ4n) is 5.01. The molecular formula is C32H42F3N3O4Si. The van der Waals surface area contributed by atoms with Crippen molar-refractivity contribution >= 4 is 19.7 Å². The predicted octanol–water partition coefficient (Wildman–Crippen LogP) is 7.66. The van der Waals surface area contributed by atoms with Gasteiger partial charge in [0.15, 0.2) is 5.69 Å². The number of esters is 1. The van der Waals surface area contributed by atoms with Gasteiger partial charge in [-0.25, -0.2) is 9.78 Å². The first-order valence-corrected chi connectivity index (χ1v) is 18.5. The van der Waals surface area contributed by atoms with Gasteiger partial charge < -0.3 is 23.7 Å². The van der Waals surface area contributed by atoms with Gasteiger partial charge in [0.05, 0.1) is 18.8 Å². The fourth-order valence-corrected chi connectivity index (χ4v) is 5.77. The highest BCUT2D eigenvalue weighted by Crippen LogP contribution is 2.33. The van der Waals surface area contributed by atoms with Gasteiger partial charge in [-0.05, 0) is 75.0 Å². The summed E-state index contributed by atoms with van der Waals surface area (Å²) in [5.74, 6) is 0.956. The Morgan fingerprint density at radius 1 is 1.07 bits per heavy atom. The average molecular weight is 618 g/mol. The molecule has 1 aromatic heterocycles. The molecule has 1 saturated heterocycles. The number of imidazole rings is 1. The molecule has 2 heterocycles. The van der Waals surface area contributed by atoms with E-state index in [9.17, 15) is 18.0 Å². The molecule has 0 N–H and O–H groups in total. The monoisotopic (exact) mass is 617 g/mol. The third kappa shape index (κ3) is 8.85. The molecule has 4 rings (SSSR count). The highest BCUT2D eigenvalue weighted by Gasteiger charge is 2.35. The zero-order valence-electron chi connectivity index (χ0n) is 25.7. The van der Waals surface area contributed by atoms with E-state index in [1.54, 1.807) is 19.1 Å². The zero-order chi connectivity index (χ0) is 31.2. The number of piperidine rings is 1. The Bertz CT molecular complexity index is 1360. The first-order chi connectivity index (χ1) is 20.4. The van der Waals surface area contributed by atoms with Crippen LogP contribution in [0, 0.1) is 12.8 Å². The lowest BCUT2D eigenvalue weighted by molar-refractivity contribution is -0.141. The third-order valence-corrected chi connectivity index (χ3v) is 9.36. The van der Waals surface area contributed by atoms with Crippen LogP contribution in [0.3, 0.4) is 0 Å². The van der Waals surface area contributed by atoms with Crippen molar-refractivity contribution in [3.63, 3.8) is 0 Å². The van der Waals surface area contributed by atoms with Crippen molar-refractivity contribution in [3.05, 3.63) is 65.5 Å². The summed E-state index contributed by atoms with van der Waals surface area (Å²) in [5, 5.41) is 0. The van der Waals surface area contributed by atoms with Crippen LogP contribution in [0.5, 0.6) is 5.75 Å². The maximum absolute atomic E-state index is 13.5. The number of halogens is 3. The maximum atomic E-state index is 13.5. The SMILES string of the molecule is CCOC(=O)c1cccc(OCC2CCN(c3ccc(-c4nc(C(F)(F)F)cn4COCC[Si](C)(C)C)cc3)CC2)c1C. The number of hydrogen-bond acceptors (Lipinski definition) is 6. The minimum atomic E-state index is -4.53. The smallest absolute Gasteiger partial charge is 0.434 e. The van der Waals surface area contributed by atoms with Crippen molar-refractivity contribution in [2.75, 3.05) is 37.8 Å². The molecule has 0 bridgehead atoms. The van der Waals surface area contributed by atoms with Gasteiger partial charge in [-0.1, -0.05) is 25.7 Å². The first-order valence-electron chi connectivity index (χ1n) is 14.8. The van der Waals surface area contributed by atoms with Crippen LogP contribution in [0.1, 0.15) is 41.4 Å². The molecule has 1 fully saturated rings. The summed E-state index contributed by atoms with van der Waals surface area (Å²) in [6, 6.07) is 13.9. The topological polar surface area (TPSA) is 65.8 Å². The van der Waals surface area contributed by atoms with Crippen LogP contribution in [-0.4, -0.2) is 56.5 Å². The van der Waals surface area contributed by atoms with E-state index in [0.29, 0.717) is 42.6 Å². The summed E-state index contributed by atoms with van der Waals surface area (Å²) >= 11 is 0. The quantitative estimate of drug-likeness (QED) is 0.118. The summed E-state index contributed by atoms with van der Waals surface area (Å²) in [6.07, 6.45) is -1.63. The molecule has 0 amide bonds. The van der Waals surface area contributed by atoms with Gasteiger partial charge in [0, 0.05) is 50.8 Å². The standard InChI is InChI=1S/C32H42F3N3O4Si/c1-6-41-31(39)27-8-7-9-28(23(27)2)42-21-24-14-16-37(17-15-24)26-12-10-25(11-13-26)30-36-29(32(33,34)35)20-38(30)22-40-18-19-43(3,4)5/h7-13,20,24H,6,14-19,21-22H2,1-5H3. The van der Waals surface area contributed by atoms with Gasteiger partial charge in [0.2, 0.25) is 0 Å². The molecule has 0 atom stereocenters. The largest absolute Gasteiger partial charge is 0.493 e. The van der Waals surface area contributed by atoms with E-state index < -0.39 is 19.9 Å². The Morgan fingerprint density at radius 3 is 2.40 bits per heavy atom. The molecule has 7 nitrogen and oxygen atoms in total. The van der Waals surface area contributed by atoms with Gasteiger partial charge in [0.1, 0.15) is 18.3 Å². The third-order valence-electron chi connectivity index (χ3n) is 7.65. The molecule has 0 spiro atoms. The van der Waals surface area contributed by atoms with Gasteiger partial charge in [-0.3, -0.25) is 0 Å². The molecule has 0 saturated carbocycles. The van der Waals surface area contributed by atoms with E-state index >= 15 is 0 Å². The Morgan fingerprint density at radius 2 is 1.77 bits per heavy atom. The number of alkyl halides is 3. The number of rotatable bonds is 12. The Kier molecular flexibility index (Phi) is 10.6. The maximum Gasteiger partial charge on any atom is 0.434 e. The number of anilines is 1. The minimum absolute atomic E-state index is 0.0207. The summed E-state index contributed by atoms with van der Waals surface area (Å²) in [5.41, 5.74) is 2.00. The van der Waals surface area contributed by atoms with Crippen LogP contribution in [0.2, 0.25) is 25.7 Å². The van der Waals surface area contributed by atoms with Crippen LogP contribution < -0.4 is 9.64 Å². The normalized spacial score (nSPS) is 14.7. The molecule has 0 unspecified atom stereocenters. The predicted molar refractivity (Wildman–Crippen MR) is 164 cm³/mol. The van der Waals surface area contributed by atoms with Gasteiger partial charge in [-0.15, -0.1) is 0 Å². The van der Waals surface area contributed by atoms with E-state index in [1.165, 1.54) is 4.57 Å². The molecule has 0 radical (unpaired) electrons. The number of ether oxygens (including phenoxy) is 3. The highest BCUT2D eigenvalue weighted by molar-refractivity contribution is 6.76. The summed E-state index contributed by atoms with van der Waals surface area (Å²) in [6.45, 7) is 13.4. The lowest BCUT2D eigenvalue weighted by atomic mass is 9.97. The van der Waals surface area contributed by atoms with Crippen molar-refractivity contribution in [2.45, 2.75) is 65.3 Å². The van der Waals surface area contributed by atoms with Crippen LogP contribution >= 0.6 is 0 Å². The van der Waals surface area contributed by atoms with Crippen molar-refractivity contribution in [1.29, 1.82) is 0 Å². The number of benzene rings is 2. The Hall–Kier alpha value is -3.31. The Balaban J connectivity index is 1.35. The number of aromatic nitrogens is 2. The van der Waals surface area contributed by atoms with Crippen molar-refractivity contribution < 1.29 is 32.2 Å². The summed E-state index contributed by atoms with van der Waals surface area (Å²) < 4.78 is 58.9.